The number of carbonyl (C=O) groups excluding carboxylic acids is 3. The molecule has 0 spiro atoms. The predicted molar refractivity (Wildman–Crippen MR) is 59.5 cm³/mol. The molecule has 1 atom stereocenters. The van der Waals surface area contributed by atoms with Crippen molar-refractivity contribution in [3.8, 4) is 0 Å². The molecule has 0 fully saturated rings. The van der Waals surface area contributed by atoms with Crippen molar-refractivity contribution in [1.82, 2.24) is 10.6 Å². The molecule has 16 heavy (non-hydrogen) atoms. The first kappa shape index (κ1) is 14.6. The minimum absolute atomic E-state index is 0.154. The van der Waals surface area contributed by atoms with E-state index in [9.17, 15) is 14.4 Å². The van der Waals surface area contributed by atoms with Crippen LogP contribution in [-0.2, 0) is 14.4 Å². The Morgan fingerprint density at radius 3 is 2.38 bits per heavy atom. The van der Waals surface area contributed by atoms with E-state index in [0.717, 1.165) is 0 Å². The van der Waals surface area contributed by atoms with Gasteiger partial charge in [0.25, 0.3) is 0 Å². The van der Waals surface area contributed by atoms with Gasteiger partial charge >= 0.3 is 0 Å². The molecule has 4 N–H and O–H groups in total. The summed E-state index contributed by atoms with van der Waals surface area (Å²) in [6.45, 7) is 3.60. The normalized spacial score (nSPS) is 12.0. The molecule has 6 heteroatoms. The molecule has 0 bridgehead atoms. The molecule has 0 saturated heterocycles. The van der Waals surface area contributed by atoms with Crippen LogP contribution in [0.3, 0.4) is 0 Å². The van der Waals surface area contributed by atoms with Gasteiger partial charge in [0.1, 0.15) is 6.29 Å². The van der Waals surface area contributed by atoms with Crippen LogP contribution in [0.25, 0.3) is 0 Å². The smallest absolute Gasteiger partial charge is 0.239 e. The van der Waals surface area contributed by atoms with Gasteiger partial charge in [0.15, 0.2) is 0 Å². The third-order valence-corrected chi connectivity index (χ3v) is 1.87. The van der Waals surface area contributed by atoms with Gasteiger partial charge in [0.2, 0.25) is 11.8 Å². The average molecular weight is 229 g/mol. The van der Waals surface area contributed by atoms with Gasteiger partial charge in [0, 0.05) is 0 Å². The van der Waals surface area contributed by atoms with Gasteiger partial charge in [-0.05, 0) is 12.3 Å². The molecule has 92 valence electrons. The van der Waals surface area contributed by atoms with Crippen molar-refractivity contribution in [3.05, 3.63) is 0 Å². The fourth-order valence-corrected chi connectivity index (χ4v) is 1.17. The monoisotopic (exact) mass is 229 g/mol. The number of hydrogen-bond acceptors (Lipinski definition) is 4. The van der Waals surface area contributed by atoms with E-state index >= 15 is 0 Å². The summed E-state index contributed by atoms with van der Waals surface area (Å²) in [7, 11) is 0. The lowest BCUT2D eigenvalue weighted by Gasteiger charge is -2.14. The molecule has 0 saturated carbocycles. The third-order valence-electron chi connectivity index (χ3n) is 1.87. The van der Waals surface area contributed by atoms with E-state index in [4.69, 9.17) is 5.73 Å². The maximum absolute atomic E-state index is 11.3. The van der Waals surface area contributed by atoms with Gasteiger partial charge in [-0.25, -0.2) is 0 Å². The van der Waals surface area contributed by atoms with Gasteiger partial charge in [-0.3, -0.25) is 9.59 Å². The van der Waals surface area contributed by atoms with Crippen LogP contribution in [0.1, 0.15) is 20.3 Å². The van der Waals surface area contributed by atoms with Gasteiger partial charge < -0.3 is 21.2 Å². The summed E-state index contributed by atoms with van der Waals surface area (Å²) in [4.78, 5) is 32.7. The minimum Gasteiger partial charge on any atom is -0.346 e. The van der Waals surface area contributed by atoms with Crippen LogP contribution in [0, 0.1) is 5.92 Å². The van der Waals surface area contributed by atoms with Crippen molar-refractivity contribution in [1.29, 1.82) is 0 Å². The maximum Gasteiger partial charge on any atom is 0.239 e. The Hall–Kier alpha value is -1.43. The van der Waals surface area contributed by atoms with E-state index in [-0.39, 0.29) is 19.0 Å². The highest BCUT2D eigenvalue weighted by atomic mass is 16.2. The summed E-state index contributed by atoms with van der Waals surface area (Å²) in [5.41, 5.74) is 5.05. The SMILES string of the molecule is CC(C)C[C@@H](C=O)NC(=O)CNC(=O)CN. The Morgan fingerprint density at radius 1 is 1.31 bits per heavy atom. The second kappa shape index (κ2) is 7.81. The third kappa shape index (κ3) is 6.94. The molecule has 2 amide bonds. The second-order valence-corrected chi connectivity index (χ2v) is 3.92. The van der Waals surface area contributed by atoms with Gasteiger partial charge in [-0.15, -0.1) is 0 Å². The maximum atomic E-state index is 11.3. The minimum atomic E-state index is -0.498. The zero-order valence-electron chi connectivity index (χ0n) is 9.66. The van der Waals surface area contributed by atoms with Gasteiger partial charge in [-0.1, -0.05) is 13.8 Å². The molecule has 6 nitrogen and oxygen atoms in total. The molecule has 0 aromatic rings. The van der Waals surface area contributed by atoms with Crippen LogP contribution in [0.4, 0.5) is 0 Å². The second-order valence-electron chi connectivity index (χ2n) is 3.92. The first-order valence-corrected chi connectivity index (χ1v) is 5.21. The molecule has 0 aliphatic carbocycles. The lowest BCUT2D eigenvalue weighted by molar-refractivity contribution is -0.126. The summed E-state index contributed by atoms with van der Waals surface area (Å²) in [6, 6.07) is -0.498. The Bertz CT molecular complexity index is 254. The Morgan fingerprint density at radius 2 is 1.94 bits per heavy atom. The summed E-state index contributed by atoms with van der Waals surface area (Å²) >= 11 is 0. The number of hydrogen-bond donors (Lipinski definition) is 3. The molecule has 0 heterocycles. The first-order chi connectivity index (χ1) is 7.49. The Kier molecular flexibility index (Phi) is 7.11. The summed E-state index contributed by atoms with van der Waals surface area (Å²) in [5, 5.41) is 4.84. The van der Waals surface area contributed by atoms with E-state index < -0.39 is 11.9 Å². The number of aldehydes is 1. The molecule has 0 unspecified atom stereocenters. The highest BCUT2D eigenvalue weighted by molar-refractivity contribution is 5.86. The lowest BCUT2D eigenvalue weighted by Crippen LogP contribution is -2.44. The molecular formula is C10H19N3O3. The fraction of sp³-hybridized carbons (Fsp3) is 0.700. The number of rotatable bonds is 7. The van der Waals surface area contributed by atoms with Gasteiger partial charge in [-0.2, -0.15) is 0 Å². The van der Waals surface area contributed by atoms with E-state index in [0.29, 0.717) is 18.6 Å². The van der Waals surface area contributed by atoms with Crippen molar-refractivity contribution in [2.24, 2.45) is 11.7 Å². The molecule has 0 aliphatic rings. The van der Waals surface area contributed by atoms with E-state index in [1.807, 2.05) is 13.8 Å². The predicted octanol–water partition coefficient (Wildman–Crippen LogP) is -1.21. The highest BCUT2D eigenvalue weighted by Crippen LogP contribution is 2.02. The lowest BCUT2D eigenvalue weighted by atomic mass is 10.1. The topological polar surface area (TPSA) is 101 Å². The van der Waals surface area contributed by atoms with Crippen molar-refractivity contribution >= 4 is 18.1 Å². The van der Waals surface area contributed by atoms with Crippen LogP contribution in [-0.4, -0.2) is 37.2 Å². The quantitative estimate of drug-likeness (QED) is 0.477. The number of nitrogens with two attached hydrogens (primary N) is 1. The molecule has 0 radical (unpaired) electrons. The number of nitrogens with one attached hydrogen (secondary N) is 2. The Labute approximate surface area is 94.9 Å². The van der Waals surface area contributed by atoms with E-state index in [1.54, 1.807) is 0 Å². The van der Waals surface area contributed by atoms with Crippen LogP contribution in [0.15, 0.2) is 0 Å². The van der Waals surface area contributed by atoms with Crippen molar-refractivity contribution in [3.63, 3.8) is 0 Å². The van der Waals surface area contributed by atoms with Gasteiger partial charge in [0.05, 0.1) is 19.1 Å². The van der Waals surface area contributed by atoms with Crippen molar-refractivity contribution in [2.75, 3.05) is 13.1 Å². The van der Waals surface area contributed by atoms with Crippen LogP contribution in [0.5, 0.6) is 0 Å². The van der Waals surface area contributed by atoms with Crippen molar-refractivity contribution < 1.29 is 14.4 Å². The summed E-state index contributed by atoms with van der Waals surface area (Å²) in [5.74, 6) is -0.477. The Balaban J connectivity index is 3.91. The standard InChI is InChI=1S/C10H19N3O3/c1-7(2)3-8(6-14)13-10(16)5-12-9(15)4-11/h6-8H,3-5,11H2,1-2H3,(H,12,15)(H,13,16)/t8-/m0/s1. The van der Waals surface area contributed by atoms with E-state index in [2.05, 4.69) is 10.6 Å². The molecule has 0 aliphatic heterocycles. The molecule has 0 aromatic heterocycles. The average Bonchev–Trinajstić information content (AvgIpc) is 2.24. The largest absolute Gasteiger partial charge is 0.346 e. The number of carbonyl (C=O) groups is 3. The van der Waals surface area contributed by atoms with Crippen LogP contribution >= 0.6 is 0 Å². The molecule has 0 rings (SSSR count). The summed E-state index contributed by atoms with van der Waals surface area (Å²) < 4.78 is 0. The highest BCUT2D eigenvalue weighted by Gasteiger charge is 2.13. The zero-order chi connectivity index (χ0) is 12.6. The summed E-state index contributed by atoms with van der Waals surface area (Å²) in [6.07, 6.45) is 1.28. The van der Waals surface area contributed by atoms with E-state index in [1.165, 1.54) is 0 Å². The molecule has 0 aromatic carbocycles. The zero-order valence-corrected chi connectivity index (χ0v) is 9.66. The van der Waals surface area contributed by atoms with Crippen LogP contribution in [0.2, 0.25) is 0 Å². The first-order valence-electron chi connectivity index (χ1n) is 5.21. The van der Waals surface area contributed by atoms with Crippen LogP contribution < -0.4 is 16.4 Å². The van der Waals surface area contributed by atoms with Crippen molar-refractivity contribution in [2.45, 2.75) is 26.3 Å². The molecular weight excluding hydrogens is 210 g/mol. The fourth-order valence-electron chi connectivity index (χ4n) is 1.17. The number of amides is 2.